The van der Waals surface area contributed by atoms with Crippen LogP contribution in [0, 0.1) is 10.1 Å². The Kier molecular flexibility index (Phi) is 4.18. The molecule has 0 aliphatic heterocycles. The highest BCUT2D eigenvalue weighted by molar-refractivity contribution is 7.15. The lowest BCUT2D eigenvalue weighted by Gasteiger charge is -2.22. The molecule has 2 aromatic rings. The number of non-ortho nitro benzene ring substituents is 1. The van der Waals surface area contributed by atoms with E-state index in [1.54, 1.807) is 6.20 Å². The van der Waals surface area contributed by atoms with Crippen molar-refractivity contribution in [3.8, 4) is 0 Å². The van der Waals surface area contributed by atoms with Crippen molar-refractivity contribution in [1.82, 2.24) is 4.98 Å². The number of amides is 1. The van der Waals surface area contributed by atoms with E-state index < -0.39 is 11.0 Å². The molecule has 0 spiro atoms. The number of nitro benzene ring substituents is 1. The van der Waals surface area contributed by atoms with Crippen molar-refractivity contribution in [3.05, 3.63) is 45.5 Å². The second-order valence-corrected chi connectivity index (χ2v) is 5.62. The third kappa shape index (κ3) is 3.16. The predicted octanol–water partition coefficient (Wildman–Crippen LogP) is 2.66. The molecule has 1 heterocycles. The van der Waals surface area contributed by atoms with Crippen LogP contribution in [0.4, 0.5) is 21.3 Å². The van der Waals surface area contributed by atoms with Crippen LogP contribution in [0.3, 0.4) is 0 Å². The lowest BCUT2D eigenvalue weighted by molar-refractivity contribution is -0.384. The normalized spacial score (nSPS) is 10.6. The molecule has 0 fully saturated rings. The van der Waals surface area contributed by atoms with Crippen molar-refractivity contribution in [2.45, 2.75) is 19.8 Å². The van der Waals surface area contributed by atoms with E-state index in [9.17, 15) is 20.0 Å². The summed E-state index contributed by atoms with van der Waals surface area (Å²) in [5, 5.41) is 22.2. The van der Waals surface area contributed by atoms with Gasteiger partial charge in [-0.1, -0.05) is 13.8 Å². The van der Waals surface area contributed by atoms with E-state index in [1.807, 2.05) is 13.8 Å². The molecule has 21 heavy (non-hydrogen) atoms. The first kappa shape index (κ1) is 14.9. The summed E-state index contributed by atoms with van der Waals surface area (Å²) in [6.45, 7) is 3.96. The molecule has 2 rings (SSSR count). The number of thiazole rings is 1. The number of anilines is 2. The maximum atomic E-state index is 11.3. The van der Waals surface area contributed by atoms with Crippen molar-refractivity contribution in [2.75, 3.05) is 4.90 Å². The summed E-state index contributed by atoms with van der Waals surface area (Å²) in [5.41, 5.74) is 0.143. The van der Waals surface area contributed by atoms with E-state index >= 15 is 0 Å². The van der Waals surface area contributed by atoms with Crippen LogP contribution < -0.4 is 10.0 Å². The number of nitrogens with zero attached hydrogens (tertiary/aromatic N) is 3. The molecule has 0 radical (unpaired) electrons. The molecular formula is C13H12N3O4S-. The van der Waals surface area contributed by atoms with E-state index in [2.05, 4.69) is 4.98 Å². The van der Waals surface area contributed by atoms with Gasteiger partial charge in [-0.25, -0.2) is 4.98 Å². The average molecular weight is 306 g/mol. The Bertz CT molecular complexity index is 666. The van der Waals surface area contributed by atoms with Crippen LogP contribution >= 0.6 is 11.3 Å². The average Bonchev–Trinajstić information content (AvgIpc) is 2.88. The van der Waals surface area contributed by atoms with Gasteiger partial charge in [-0.15, -0.1) is 11.3 Å². The van der Waals surface area contributed by atoms with Gasteiger partial charge in [-0.05, 0) is 18.1 Å². The van der Waals surface area contributed by atoms with Crippen LogP contribution in [0.25, 0.3) is 0 Å². The van der Waals surface area contributed by atoms with E-state index in [0.29, 0.717) is 0 Å². The highest BCUT2D eigenvalue weighted by Gasteiger charge is 2.17. The molecular weight excluding hydrogens is 294 g/mol. The van der Waals surface area contributed by atoms with Crippen molar-refractivity contribution in [2.24, 2.45) is 0 Å². The zero-order chi connectivity index (χ0) is 15.6. The van der Waals surface area contributed by atoms with Crippen LogP contribution in [0.5, 0.6) is 0 Å². The number of rotatable bonds is 4. The van der Waals surface area contributed by atoms with Crippen molar-refractivity contribution in [1.29, 1.82) is 0 Å². The highest BCUT2D eigenvalue weighted by Crippen LogP contribution is 2.33. The summed E-state index contributed by atoms with van der Waals surface area (Å²) in [6.07, 6.45) is 0.180. The van der Waals surface area contributed by atoms with Crippen molar-refractivity contribution < 1.29 is 14.8 Å². The molecule has 1 aromatic carbocycles. The van der Waals surface area contributed by atoms with Crippen LogP contribution in [-0.2, 0) is 0 Å². The van der Waals surface area contributed by atoms with Gasteiger partial charge in [0, 0.05) is 23.2 Å². The fourth-order valence-electron chi connectivity index (χ4n) is 1.66. The van der Waals surface area contributed by atoms with Crippen molar-refractivity contribution >= 4 is 33.9 Å². The van der Waals surface area contributed by atoms with Gasteiger partial charge in [0.1, 0.15) is 6.09 Å². The Balaban J connectivity index is 2.38. The largest absolute Gasteiger partial charge is 0.529 e. The molecule has 0 atom stereocenters. The van der Waals surface area contributed by atoms with Crippen LogP contribution in [0.15, 0.2) is 30.5 Å². The number of nitro groups is 1. The SMILES string of the molecule is CC(C)c1cnc(N(C(=O)[O-])c2ccc([N+](=O)[O-])cc2)s1. The van der Waals surface area contributed by atoms with E-state index in [0.717, 1.165) is 9.78 Å². The predicted molar refractivity (Wildman–Crippen MR) is 76.8 cm³/mol. The minimum absolute atomic E-state index is 0.112. The maximum Gasteiger partial charge on any atom is 0.269 e. The number of hydrogen-bond donors (Lipinski definition) is 0. The molecule has 7 nitrogen and oxygen atoms in total. The third-order valence-corrected chi connectivity index (χ3v) is 4.06. The van der Waals surface area contributed by atoms with Gasteiger partial charge in [-0.3, -0.25) is 15.0 Å². The molecule has 0 N–H and O–H groups in total. The second-order valence-electron chi connectivity index (χ2n) is 4.57. The Hall–Kier alpha value is -2.48. The summed E-state index contributed by atoms with van der Waals surface area (Å²) in [5.74, 6) is 0.233. The van der Waals surface area contributed by atoms with Crippen LogP contribution in [0.2, 0.25) is 0 Å². The molecule has 0 aliphatic rings. The lowest BCUT2D eigenvalue weighted by atomic mass is 10.2. The van der Waals surface area contributed by atoms with Crippen LogP contribution in [-0.4, -0.2) is 16.0 Å². The molecule has 1 aromatic heterocycles. The summed E-state index contributed by atoms with van der Waals surface area (Å²) < 4.78 is 0. The van der Waals surface area contributed by atoms with Gasteiger partial charge in [0.25, 0.3) is 5.69 Å². The number of benzene rings is 1. The Morgan fingerprint density at radius 3 is 2.38 bits per heavy atom. The van der Waals surface area contributed by atoms with E-state index in [4.69, 9.17) is 0 Å². The minimum Gasteiger partial charge on any atom is -0.529 e. The molecule has 8 heteroatoms. The number of carbonyl (C=O) groups is 1. The van der Waals surface area contributed by atoms with Gasteiger partial charge in [-0.2, -0.15) is 0 Å². The third-order valence-electron chi connectivity index (χ3n) is 2.77. The number of aromatic nitrogens is 1. The summed E-state index contributed by atoms with van der Waals surface area (Å²) >= 11 is 1.24. The molecule has 0 aliphatic carbocycles. The fraction of sp³-hybridized carbons (Fsp3) is 0.231. The standard InChI is InChI=1S/C13H13N3O4S/c1-8(2)11-7-14-12(21-11)15(13(17)18)9-3-5-10(6-4-9)16(19)20/h3-8H,1-2H3,(H,17,18)/p-1. The quantitative estimate of drug-likeness (QED) is 0.638. The zero-order valence-corrected chi connectivity index (χ0v) is 12.2. The fourth-order valence-corrected chi connectivity index (χ4v) is 2.59. The zero-order valence-electron chi connectivity index (χ0n) is 11.3. The summed E-state index contributed by atoms with van der Waals surface area (Å²) in [6, 6.07) is 5.18. The maximum absolute atomic E-state index is 11.3. The first-order valence-corrected chi connectivity index (χ1v) is 6.93. The molecule has 1 amide bonds. The van der Waals surface area contributed by atoms with E-state index in [1.165, 1.54) is 35.6 Å². The lowest BCUT2D eigenvalue weighted by Crippen LogP contribution is -2.37. The van der Waals surface area contributed by atoms with Gasteiger partial charge in [0.05, 0.1) is 10.6 Å². The molecule has 0 bridgehead atoms. The van der Waals surface area contributed by atoms with E-state index in [-0.39, 0.29) is 22.4 Å². The molecule has 0 saturated heterocycles. The molecule has 0 saturated carbocycles. The minimum atomic E-state index is -1.44. The number of carbonyl (C=O) groups excluding carboxylic acids is 1. The Labute approximate surface area is 124 Å². The first-order chi connectivity index (χ1) is 9.90. The van der Waals surface area contributed by atoms with Gasteiger partial charge < -0.3 is 9.90 Å². The Morgan fingerprint density at radius 1 is 1.33 bits per heavy atom. The highest BCUT2D eigenvalue weighted by atomic mass is 32.1. The Morgan fingerprint density at radius 2 is 1.95 bits per heavy atom. The topological polar surface area (TPSA) is 99.4 Å². The molecule has 0 unspecified atom stereocenters. The first-order valence-electron chi connectivity index (χ1n) is 6.11. The number of carboxylic acid groups (broad SMARTS) is 1. The number of hydrogen-bond acceptors (Lipinski definition) is 6. The van der Waals surface area contributed by atoms with Gasteiger partial charge >= 0.3 is 0 Å². The van der Waals surface area contributed by atoms with Gasteiger partial charge in [0.2, 0.25) is 0 Å². The molecule has 110 valence electrons. The monoisotopic (exact) mass is 306 g/mol. The van der Waals surface area contributed by atoms with Crippen molar-refractivity contribution in [3.63, 3.8) is 0 Å². The van der Waals surface area contributed by atoms with Gasteiger partial charge in [0.15, 0.2) is 5.13 Å². The second kappa shape index (κ2) is 5.88. The summed E-state index contributed by atoms with van der Waals surface area (Å²) in [7, 11) is 0. The van der Waals surface area contributed by atoms with Crippen LogP contribution in [0.1, 0.15) is 24.6 Å². The smallest absolute Gasteiger partial charge is 0.269 e. The summed E-state index contributed by atoms with van der Waals surface area (Å²) in [4.78, 5) is 27.3.